The van der Waals surface area contributed by atoms with E-state index in [-0.39, 0.29) is 0 Å². The number of allylic oxidation sites excluding steroid dienone is 2. The predicted octanol–water partition coefficient (Wildman–Crippen LogP) is 2.73. The van der Waals surface area contributed by atoms with Gasteiger partial charge >= 0.3 is 0 Å². The summed E-state index contributed by atoms with van der Waals surface area (Å²) in [6.07, 6.45) is 5.98. The highest BCUT2D eigenvalue weighted by molar-refractivity contribution is 7.89. The Morgan fingerprint density at radius 3 is 2.41 bits per heavy atom. The first-order chi connectivity index (χ1) is 8.08. The van der Waals surface area contributed by atoms with Crippen LogP contribution in [-0.4, -0.2) is 8.42 Å². The summed E-state index contributed by atoms with van der Waals surface area (Å²) in [5, 5.41) is 0. The smallest absolute Gasteiger partial charge is 0.261 e. The van der Waals surface area contributed by atoms with Gasteiger partial charge in [-0.15, -0.1) is 0 Å². The molecular formula is C13H17NO2S. The highest BCUT2D eigenvalue weighted by Gasteiger charge is 2.15. The molecule has 1 aliphatic rings. The third-order valence-electron chi connectivity index (χ3n) is 2.89. The summed E-state index contributed by atoms with van der Waals surface area (Å²) in [5.41, 5.74) is 1.89. The minimum Gasteiger partial charge on any atom is -0.284 e. The van der Waals surface area contributed by atoms with Crippen molar-refractivity contribution in [1.29, 1.82) is 0 Å². The lowest BCUT2D eigenvalue weighted by Crippen LogP contribution is -2.24. The zero-order valence-corrected chi connectivity index (χ0v) is 10.8. The molecule has 1 N–H and O–H groups in total. The molecule has 0 unspecified atom stereocenters. The number of hydrogen-bond donors (Lipinski definition) is 1. The first kappa shape index (κ1) is 12.2. The normalized spacial score (nSPS) is 16.4. The Kier molecular flexibility index (Phi) is 3.52. The van der Waals surface area contributed by atoms with Gasteiger partial charge in [0.25, 0.3) is 10.0 Å². The minimum absolute atomic E-state index is 0.328. The van der Waals surface area contributed by atoms with Crippen LogP contribution in [0.1, 0.15) is 31.2 Å². The Morgan fingerprint density at radius 1 is 1.12 bits per heavy atom. The van der Waals surface area contributed by atoms with E-state index >= 15 is 0 Å². The standard InChI is InChI=1S/C13H17NO2S/c1-11-7-9-13(10-8-11)17(15,16)14-12-5-3-2-4-6-12/h5,7-10,14H,2-4,6H2,1H3. The van der Waals surface area contributed by atoms with Gasteiger partial charge in [0, 0.05) is 5.70 Å². The maximum Gasteiger partial charge on any atom is 0.261 e. The number of rotatable bonds is 3. The van der Waals surface area contributed by atoms with Crippen molar-refractivity contribution in [3.05, 3.63) is 41.6 Å². The second-order valence-electron chi connectivity index (χ2n) is 4.39. The van der Waals surface area contributed by atoms with E-state index < -0.39 is 10.0 Å². The summed E-state index contributed by atoms with van der Waals surface area (Å²) in [4.78, 5) is 0.328. The molecule has 0 saturated carbocycles. The molecule has 1 aromatic carbocycles. The molecule has 0 fully saturated rings. The van der Waals surface area contributed by atoms with Crippen LogP contribution in [0.4, 0.5) is 0 Å². The van der Waals surface area contributed by atoms with Gasteiger partial charge in [0.15, 0.2) is 0 Å². The van der Waals surface area contributed by atoms with E-state index in [9.17, 15) is 8.42 Å². The van der Waals surface area contributed by atoms with Crippen molar-refractivity contribution in [3.63, 3.8) is 0 Å². The molecule has 0 aliphatic heterocycles. The van der Waals surface area contributed by atoms with Crippen molar-refractivity contribution in [2.75, 3.05) is 0 Å². The van der Waals surface area contributed by atoms with Crippen LogP contribution in [0.3, 0.4) is 0 Å². The molecule has 0 heterocycles. The van der Waals surface area contributed by atoms with Crippen LogP contribution in [0.25, 0.3) is 0 Å². The fourth-order valence-corrected chi connectivity index (χ4v) is 3.02. The van der Waals surface area contributed by atoms with Crippen molar-refractivity contribution in [1.82, 2.24) is 4.72 Å². The van der Waals surface area contributed by atoms with Crippen molar-refractivity contribution < 1.29 is 8.42 Å². The number of sulfonamides is 1. The van der Waals surface area contributed by atoms with Crippen LogP contribution in [0.5, 0.6) is 0 Å². The Bertz CT molecular complexity index is 515. The van der Waals surface area contributed by atoms with Crippen LogP contribution in [0.15, 0.2) is 40.9 Å². The van der Waals surface area contributed by atoms with E-state index in [1.807, 2.05) is 25.1 Å². The third kappa shape index (κ3) is 3.09. The maximum atomic E-state index is 12.1. The van der Waals surface area contributed by atoms with Crippen LogP contribution in [0.2, 0.25) is 0 Å². The van der Waals surface area contributed by atoms with E-state index in [4.69, 9.17) is 0 Å². The van der Waals surface area contributed by atoms with E-state index in [1.165, 1.54) is 0 Å². The molecule has 17 heavy (non-hydrogen) atoms. The molecule has 0 radical (unpaired) electrons. The molecule has 1 aromatic rings. The average Bonchev–Trinajstić information content (AvgIpc) is 2.30. The van der Waals surface area contributed by atoms with Crippen LogP contribution in [0, 0.1) is 6.92 Å². The Balaban J connectivity index is 2.18. The molecule has 0 atom stereocenters. The van der Waals surface area contributed by atoms with Gasteiger partial charge in [0.2, 0.25) is 0 Å². The monoisotopic (exact) mass is 251 g/mol. The number of hydrogen-bond acceptors (Lipinski definition) is 2. The van der Waals surface area contributed by atoms with E-state index in [2.05, 4.69) is 4.72 Å². The molecule has 0 bridgehead atoms. The fourth-order valence-electron chi connectivity index (χ4n) is 1.88. The number of aryl methyl sites for hydroxylation is 1. The second kappa shape index (κ2) is 4.92. The average molecular weight is 251 g/mol. The minimum atomic E-state index is -3.39. The van der Waals surface area contributed by atoms with E-state index in [1.54, 1.807) is 12.1 Å². The van der Waals surface area contributed by atoms with Gasteiger partial charge in [0.1, 0.15) is 0 Å². The summed E-state index contributed by atoms with van der Waals surface area (Å²) >= 11 is 0. The summed E-state index contributed by atoms with van der Waals surface area (Å²) in [6, 6.07) is 6.90. The van der Waals surface area contributed by atoms with Crippen LogP contribution >= 0.6 is 0 Å². The molecule has 0 aromatic heterocycles. The van der Waals surface area contributed by atoms with Gasteiger partial charge in [-0.3, -0.25) is 4.72 Å². The zero-order chi connectivity index (χ0) is 12.3. The predicted molar refractivity (Wildman–Crippen MR) is 68.1 cm³/mol. The van der Waals surface area contributed by atoms with E-state index in [0.29, 0.717) is 4.90 Å². The molecule has 92 valence electrons. The quantitative estimate of drug-likeness (QED) is 0.897. The first-order valence-corrected chi connectivity index (χ1v) is 7.35. The molecule has 0 spiro atoms. The summed E-state index contributed by atoms with van der Waals surface area (Å²) < 4.78 is 26.8. The molecule has 2 rings (SSSR count). The Labute approximate surface area is 103 Å². The molecule has 3 nitrogen and oxygen atoms in total. The van der Waals surface area contributed by atoms with Gasteiger partial charge in [-0.1, -0.05) is 23.8 Å². The highest BCUT2D eigenvalue weighted by atomic mass is 32.2. The van der Waals surface area contributed by atoms with Crippen LogP contribution in [-0.2, 0) is 10.0 Å². The number of benzene rings is 1. The largest absolute Gasteiger partial charge is 0.284 e. The Morgan fingerprint density at radius 2 is 1.82 bits per heavy atom. The summed E-state index contributed by atoms with van der Waals surface area (Å²) in [6.45, 7) is 1.94. The summed E-state index contributed by atoms with van der Waals surface area (Å²) in [7, 11) is -3.39. The molecule has 0 amide bonds. The second-order valence-corrected chi connectivity index (χ2v) is 6.08. The molecule has 0 saturated heterocycles. The van der Waals surface area contributed by atoms with Gasteiger partial charge < -0.3 is 0 Å². The molecule has 4 heteroatoms. The van der Waals surface area contributed by atoms with Crippen molar-refractivity contribution in [3.8, 4) is 0 Å². The summed E-state index contributed by atoms with van der Waals surface area (Å²) in [5.74, 6) is 0. The van der Waals surface area contributed by atoms with Gasteiger partial charge in [-0.25, -0.2) is 8.42 Å². The molecular weight excluding hydrogens is 234 g/mol. The lowest BCUT2D eigenvalue weighted by atomic mass is 10.1. The Hall–Kier alpha value is -1.29. The fraction of sp³-hybridized carbons (Fsp3) is 0.385. The SMILES string of the molecule is Cc1ccc(S(=O)(=O)NC2=CCCCC2)cc1. The maximum absolute atomic E-state index is 12.1. The highest BCUT2D eigenvalue weighted by Crippen LogP contribution is 2.18. The van der Waals surface area contributed by atoms with Crippen molar-refractivity contribution in [2.45, 2.75) is 37.5 Å². The number of nitrogens with one attached hydrogen (secondary N) is 1. The van der Waals surface area contributed by atoms with Gasteiger partial charge in [-0.05, 0) is 44.7 Å². The van der Waals surface area contributed by atoms with Gasteiger partial charge in [-0.2, -0.15) is 0 Å². The lowest BCUT2D eigenvalue weighted by Gasteiger charge is -2.15. The zero-order valence-electron chi connectivity index (χ0n) is 9.94. The lowest BCUT2D eigenvalue weighted by molar-refractivity contribution is 0.582. The van der Waals surface area contributed by atoms with E-state index in [0.717, 1.165) is 36.9 Å². The van der Waals surface area contributed by atoms with Crippen molar-refractivity contribution >= 4 is 10.0 Å². The van der Waals surface area contributed by atoms with Crippen LogP contribution < -0.4 is 4.72 Å². The van der Waals surface area contributed by atoms with Gasteiger partial charge in [0.05, 0.1) is 4.90 Å². The van der Waals surface area contributed by atoms with Crippen molar-refractivity contribution in [2.24, 2.45) is 0 Å². The third-order valence-corrected chi connectivity index (χ3v) is 4.31. The first-order valence-electron chi connectivity index (χ1n) is 5.86. The topological polar surface area (TPSA) is 46.2 Å². The molecule has 1 aliphatic carbocycles.